The van der Waals surface area contributed by atoms with Crippen molar-refractivity contribution in [2.24, 2.45) is 0 Å². The van der Waals surface area contributed by atoms with E-state index in [1.54, 1.807) is 19.0 Å². The smallest absolute Gasteiger partial charge is 0.283 e. The molecule has 182 valence electrons. The van der Waals surface area contributed by atoms with E-state index in [-0.39, 0.29) is 14.5 Å². The molecule has 0 aliphatic rings. The number of nitrogens with one attached hydrogen (secondary N) is 2. The molecular formula is C20H19Cl2F3N6O2S. The average Bonchev–Trinajstić information content (AvgIpc) is 2.80. The van der Waals surface area contributed by atoms with Gasteiger partial charge < -0.3 is 15.5 Å². The maximum atomic E-state index is 14.9. The van der Waals surface area contributed by atoms with E-state index in [0.717, 1.165) is 12.1 Å². The second-order valence-electron chi connectivity index (χ2n) is 7.00. The Morgan fingerprint density at radius 2 is 1.71 bits per heavy atom. The number of hydrogen-bond donors (Lipinski definition) is 2. The summed E-state index contributed by atoms with van der Waals surface area (Å²) in [6.45, 7) is 1.17. The molecule has 14 heteroatoms. The van der Waals surface area contributed by atoms with Gasteiger partial charge in [-0.25, -0.2) is 23.1 Å². The predicted octanol–water partition coefficient (Wildman–Crippen LogP) is 4.30. The molecule has 0 aliphatic heterocycles. The summed E-state index contributed by atoms with van der Waals surface area (Å²) in [5, 5.41) is 5.74. The second-order valence-corrected chi connectivity index (χ2v) is 9.70. The molecule has 1 aromatic heterocycles. The molecule has 1 heterocycles. The van der Waals surface area contributed by atoms with Gasteiger partial charge in [0.25, 0.3) is 16.0 Å². The van der Waals surface area contributed by atoms with Crippen LogP contribution in [0.2, 0.25) is 5.02 Å². The van der Waals surface area contributed by atoms with Crippen molar-refractivity contribution in [1.29, 1.82) is 0 Å². The molecule has 0 fully saturated rings. The van der Waals surface area contributed by atoms with Crippen molar-refractivity contribution in [3.63, 3.8) is 0 Å². The molecule has 2 N–H and O–H groups in total. The number of benzene rings is 2. The highest BCUT2D eigenvalue weighted by molar-refractivity contribution is 7.94. The van der Waals surface area contributed by atoms with Crippen LogP contribution in [0, 0.1) is 17.5 Å². The number of aromatic nitrogens is 2. The Morgan fingerprint density at radius 1 is 1.03 bits per heavy atom. The first-order chi connectivity index (χ1) is 16.0. The van der Waals surface area contributed by atoms with Gasteiger partial charge in [0.1, 0.15) is 16.5 Å². The molecular weight excluding hydrogens is 516 g/mol. The van der Waals surface area contributed by atoms with Gasteiger partial charge in [0, 0.05) is 38.0 Å². The quantitative estimate of drug-likeness (QED) is 0.395. The van der Waals surface area contributed by atoms with Crippen LogP contribution in [0.25, 0.3) is 0 Å². The van der Waals surface area contributed by atoms with Crippen LogP contribution in [0.4, 0.5) is 36.2 Å². The molecule has 0 radical (unpaired) electrons. The minimum atomic E-state index is -4.69. The normalized spacial score (nSPS) is 11.4. The van der Waals surface area contributed by atoms with E-state index in [9.17, 15) is 21.6 Å². The number of halogens is 5. The Hall–Kier alpha value is -2.80. The van der Waals surface area contributed by atoms with Gasteiger partial charge in [0.15, 0.2) is 5.82 Å². The summed E-state index contributed by atoms with van der Waals surface area (Å²) in [5.41, 5.74) is 0.923. The highest BCUT2D eigenvalue weighted by Gasteiger charge is 2.30. The molecule has 8 nitrogen and oxygen atoms in total. The zero-order chi connectivity index (χ0) is 25.0. The standard InChI is InChI=1S/C20H19Cl2F3N6O2S/c1-26-5-6-30(2)18-7-12(23)3-4-16(18)29-17-9-15(25)19(8-14(17)21)34(32,33)31(22)20-27-10-13(24)11-28-20/h3-4,7-11,26,29H,5-6H2,1-2H3. The van der Waals surface area contributed by atoms with E-state index in [2.05, 4.69) is 20.6 Å². The van der Waals surface area contributed by atoms with Crippen molar-refractivity contribution in [1.82, 2.24) is 15.3 Å². The van der Waals surface area contributed by atoms with Gasteiger partial charge in [-0.05, 0) is 31.3 Å². The van der Waals surface area contributed by atoms with Gasteiger partial charge in [-0.2, -0.15) is 8.42 Å². The van der Waals surface area contributed by atoms with E-state index in [0.29, 0.717) is 36.9 Å². The monoisotopic (exact) mass is 534 g/mol. The molecule has 3 aromatic rings. The van der Waals surface area contributed by atoms with Crippen molar-refractivity contribution in [2.75, 3.05) is 41.2 Å². The molecule has 2 aromatic carbocycles. The predicted molar refractivity (Wildman–Crippen MR) is 126 cm³/mol. The maximum absolute atomic E-state index is 14.9. The Morgan fingerprint density at radius 3 is 2.35 bits per heavy atom. The number of nitrogens with zero attached hydrogens (tertiary/aromatic N) is 4. The Bertz CT molecular complexity index is 1280. The third-order valence-electron chi connectivity index (χ3n) is 4.61. The van der Waals surface area contributed by atoms with Crippen LogP contribution >= 0.6 is 23.4 Å². The summed E-state index contributed by atoms with van der Waals surface area (Å²) in [6, 6.07) is 5.70. The van der Waals surface area contributed by atoms with E-state index in [4.69, 9.17) is 23.4 Å². The van der Waals surface area contributed by atoms with Gasteiger partial charge >= 0.3 is 0 Å². The SMILES string of the molecule is CNCCN(C)c1cc(F)ccc1Nc1cc(F)c(S(=O)(=O)N(Cl)c2ncc(F)cn2)cc1Cl. The second kappa shape index (κ2) is 10.6. The van der Waals surface area contributed by atoms with Crippen molar-refractivity contribution < 1.29 is 21.6 Å². The van der Waals surface area contributed by atoms with Crippen molar-refractivity contribution >= 4 is 56.4 Å². The van der Waals surface area contributed by atoms with Gasteiger partial charge in [-0.3, -0.25) is 0 Å². The molecule has 0 saturated carbocycles. The molecule has 0 bridgehead atoms. The first-order valence-corrected chi connectivity index (χ1v) is 11.8. The lowest BCUT2D eigenvalue weighted by molar-refractivity contribution is 0.567. The summed E-state index contributed by atoms with van der Waals surface area (Å²) in [4.78, 5) is 7.87. The van der Waals surface area contributed by atoms with Crippen molar-refractivity contribution in [3.05, 3.63) is 65.2 Å². The lowest BCUT2D eigenvalue weighted by atomic mass is 10.2. The van der Waals surface area contributed by atoms with Gasteiger partial charge in [-0.1, -0.05) is 11.6 Å². The fraction of sp³-hybridized carbons (Fsp3) is 0.200. The Balaban J connectivity index is 1.94. The summed E-state index contributed by atoms with van der Waals surface area (Å²) in [5.74, 6) is -3.04. The number of hydrogen-bond acceptors (Lipinski definition) is 7. The van der Waals surface area contributed by atoms with Crippen LogP contribution < -0.4 is 19.4 Å². The fourth-order valence-corrected chi connectivity index (χ4v) is 4.52. The Labute approximate surface area is 204 Å². The molecule has 0 amide bonds. The van der Waals surface area contributed by atoms with Crippen LogP contribution in [-0.2, 0) is 10.0 Å². The highest BCUT2D eigenvalue weighted by atomic mass is 35.5. The van der Waals surface area contributed by atoms with Gasteiger partial charge in [-0.15, -0.1) is 3.82 Å². The summed E-state index contributed by atoms with van der Waals surface area (Å²) in [6.07, 6.45) is 1.41. The van der Waals surface area contributed by atoms with Gasteiger partial charge in [0.2, 0.25) is 0 Å². The average molecular weight is 535 g/mol. The Kier molecular flexibility index (Phi) is 8.08. The lowest BCUT2D eigenvalue weighted by Gasteiger charge is -2.23. The zero-order valence-corrected chi connectivity index (χ0v) is 20.2. The molecule has 34 heavy (non-hydrogen) atoms. The highest BCUT2D eigenvalue weighted by Crippen LogP contribution is 2.35. The summed E-state index contributed by atoms with van der Waals surface area (Å²) < 4.78 is 67.5. The third kappa shape index (κ3) is 5.63. The molecule has 0 spiro atoms. The van der Waals surface area contributed by atoms with Crippen molar-refractivity contribution in [3.8, 4) is 0 Å². The lowest BCUT2D eigenvalue weighted by Crippen LogP contribution is -2.27. The fourth-order valence-electron chi connectivity index (χ4n) is 2.88. The maximum Gasteiger partial charge on any atom is 0.283 e. The first kappa shape index (κ1) is 25.8. The molecule has 0 unspecified atom stereocenters. The van der Waals surface area contributed by atoms with Gasteiger partial charge in [0.05, 0.1) is 34.5 Å². The van der Waals surface area contributed by atoms with Crippen LogP contribution in [0.3, 0.4) is 0 Å². The number of rotatable bonds is 9. The third-order valence-corrected chi connectivity index (χ3v) is 7.08. The van der Waals surface area contributed by atoms with E-state index < -0.39 is 38.3 Å². The number of likely N-dealkylation sites (N-methyl/N-ethyl adjacent to an activating group) is 2. The van der Waals surface area contributed by atoms with Crippen LogP contribution in [0.1, 0.15) is 0 Å². The zero-order valence-electron chi connectivity index (χ0n) is 17.9. The van der Waals surface area contributed by atoms with E-state index >= 15 is 0 Å². The van der Waals surface area contributed by atoms with E-state index in [1.807, 2.05) is 0 Å². The van der Waals surface area contributed by atoms with Crippen LogP contribution in [-0.4, -0.2) is 45.6 Å². The number of anilines is 4. The minimum absolute atomic E-state index is 0.0344. The number of sulfonamides is 1. The van der Waals surface area contributed by atoms with E-state index in [1.165, 1.54) is 18.2 Å². The summed E-state index contributed by atoms with van der Waals surface area (Å²) >= 11 is 12.1. The van der Waals surface area contributed by atoms with Crippen molar-refractivity contribution in [2.45, 2.75) is 4.90 Å². The molecule has 0 atom stereocenters. The molecule has 0 aliphatic carbocycles. The minimum Gasteiger partial charge on any atom is -0.372 e. The molecule has 0 saturated heterocycles. The topological polar surface area (TPSA) is 90.5 Å². The summed E-state index contributed by atoms with van der Waals surface area (Å²) in [7, 11) is -1.16. The largest absolute Gasteiger partial charge is 0.372 e. The molecule has 3 rings (SSSR count). The van der Waals surface area contributed by atoms with Crippen LogP contribution in [0.15, 0.2) is 47.6 Å². The first-order valence-electron chi connectivity index (χ1n) is 9.64. The van der Waals surface area contributed by atoms with Crippen LogP contribution in [0.5, 0.6) is 0 Å².